The van der Waals surface area contributed by atoms with Gasteiger partial charge in [0.2, 0.25) is 0 Å². The molecule has 2 N–H and O–H groups in total. The zero-order valence-electron chi connectivity index (χ0n) is 14.4. The lowest BCUT2D eigenvalue weighted by molar-refractivity contribution is 0.171. The van der Waals surface area contributed by atoms with E-state index in [0.29, 0.717) is 30.4 Å². The molecule has 3 rings (SSSR count). The molecule has 1 heterocycles. The van der Waals surface area contributed by atoms with Crippen LogP contribution < -0.4 is 24.8 Å². The van der Waals surface area contributed by atoms with Crippen LogP contribution in [0.25, 0.3) is 0 Å². The van der Waals surface area contributed by atoms with Crippen LogP contribution in [-0.4, -0.2) is 26.4 Å². The summed E-state index contributed by atoms with van der Waals surface area (Å²) >= 11 is 0. The molecule has 0 spiro atoms. The number of hydrogen-bond donors (Lipinski definition) is 2. The maximum absolute atomic E-state index is 12.3. The SMILES string of the molecule is CCC(NC(=O)Nc1ccc2c(c1)OCCO2)c1ccc(OC)cc1. The maximum Gasteiger partial charge on any atom is 0.319 e. The van der Waals surface area contributed by atoms with E-state index >= 15 is 0 Å². The quantitative estimate of drug-likeness (QED) is 0.868. The molecule has 132 valence electrons. The molecule has 2 aromatic rings. The number of urea groups is 1. The second-order valence-corrected chi connectivity index (χ2v) is 5.69. The predicted molar refractivity (Wildman–Crippen MR) is 95.6 cm³/mol. The lowest BCUT2D eigenvalue weighted by atomic mass is 10.0. The number of nitrogens with one attached hydrogen (secondary N) is 2. The van der Waals surface area contributed by atoms with Crippen molar-refractivity contribution < 1.29 is 19.0 Å². The van der Waals surface area contributed by atoms with E-state index in [1.807, 2.05) is 31.2 Å². The normalized spacial score (nSPS) is 13.7. The minimum Gasteiger partial charge on any atom is -0.497 e. The van der Waals surface area contributed by atoms with Crippen LogP contribution in [-0.2, 0) is 0 Å². The first-order valence-corrected chi connectivity index (χ1v) is 8.30. The summed E-state index contributed by atoms with van der Waals surface area (Å²) in [5, 5.41) is 5.82. The van der Waals surface area contributed by atoms with Crippen LogP contribution >= 0.6 is 0 Å². The second-order valence-electron chi connectivity index (χ2n) is 5.69. The molecule has 0 bridgehead atoms. The van der Waals surface area contributed by atoms with Crippen LogP contribution in [0.15, 0.2) is 42.5 Å². The Morgan fingerprint density at radius 2 is 1.84 bits per heavy atom. The van der Waals surface area contributed by atoms with Crippen LogP contribution in [0.5, 0.6) is 17.2 Å². The first-order valence-electron chi connectivity index (χ1n) is 8.30. The summed E-state index contributed by atoms with van der Waals surface area (Å²) in [7, 11) is 1.63. The van der Waals surface area contributed by atoms with Gasteiger partial charge in [0.25, 0.3) is 0 Å². The Hall–Kier alpha value is -2.89. The van der Waals surface area contributed by atoms with Crippen molar-refractivity contribution in [2.45, 2.75) is 19.4 Å². The van der Waals surface area contributed by atoms with Crippen molar-refractivity contribution in [1.29, 1.82) is 0 Å². The molecule has 1 aliphatic rings. The fraction of sp³-hybridized carbons (Fsp3) is 0.316. The topological polar surface area (TPSA) is 68.8 Å². The molecule has 0 saturated heterocycles. The Labute approximate surface area is 147 Å². The fourth-order valence-corrected chi connectivity index (χ4v) is 2.70. The highest BCUT2D eigenvalue weighted by Crippen LogP contribution is 2.32. The molecule has 25 heavy (non-hydrogen) atoms. The number of anilines is 1. The minimum atomic E-state index is -0.264. The third-order valence-electron chi connectivity index (χ3n) is 4.03. The summed E-state index contributed by atoms with van der Waals surface area (Å²) < 4.78 is 16.2. The number of ether oxygens (including phenoxy) is 3. The molecule has 1 aliphatic heterocycles. The van der Waals surface area contributed by atoms with Gasteiger partial charge in [-0.25, -0.2) is 4.79 Å². The van der Waals surface area contributed by atoms with Crippen LogP contribution in [0, 0.1) is 0 Å². The van der Waals surface area contributed by atoms with Gasteiger partial charge in [-0.2, -0.15) is 0 Å². The number of fused-ring (bicyclic) bond motifs is 1. The Bertz CT molecular complexity index is 731. The first-order chi connectivity index (χ1) is 12.2. The van der Waals surface area contributed by atoms with Crippen molar-refractivity contribution in [3.05, 3.63) is 48.0 Å². The zero-order chi connectivity index (χ0) is 17.6. The summed E-state index contributed by atoms with van der Waals surface area (Å²) in [5.74, 6) is 2.13. The van der Waals surface area contributed by atoms with Gasteiger partial charge in [-0.3, -0.25) is 0 Å². The molecule has 0 radical (unpaired) electrons. The van der Waals surface area contributed by atoms with E-state index in [2.05, 4.69) is 10.6 Å². The third-order valence-corrected chi connectivity index (χ3v) is 4.03. The number of methoxy groups -OCH3 is 1. The van der Waals surface area contributed by atoms with Gasteiger partial charge in [-0.05, 0) is 36.2 Å². The highest BCUT2D eigenvalue weighted by atomic mass is 16.6. The summed E-state index contributed by atoms with van der Waals surface area (Å²) in [6, 6.07) is 12.7. The van der Waals surface area contributed by atoms with E-state index in [9.17, 15) is 4.79 Å². The summed E-state index contributed by atoms with van der Waals surface area (Å²) in [6.45, 7) is 3.08. The van der Waals surface area contributed by atoms with Crippen molar-refractivity contribution in [2.24, 2.45) is 0 Å². The largest absolute Gasteiger partial charge is 0.497 e. The molecule has 1 unspecified atom stereocenters. The van der Waals surface area contributed by atoms with Gasteiger partial charge in [0, 0.05) is 11.8 Å². The maximum atomic E-state index is 12.3. The molecule has 0 aliphatic carbocycles. The van der Waals surface area contributed by atoms with Crippen molar-refractivity contribution in [3.8, 4) is 17.2 Å². The molecular formula is C19H22N2O4. The average Bonchev–Trinajstić information content (AvgIpc) is 2.66. The van der Waals surface area contributed by atoms with Gasteiger partial charge in [-0.1, -0.05) is 19.1 Å². The van der Waals surface area contributed by atoms with Crippen LogP contribution in [0.4, 0.5) is 10.5 Å². The number of carbonyl (C=O) groups excluding carboxylic acids is 1. The summed E-state index contributed by atoms with van der Waals surface area (Å²) in [6.07, 6.45) is 0.779. The number of hydrogen-bond acceptors (Lipinski definition) is 4. The van der Waals surface area contributed by atoms with Gasteiger partial charge < -0.3 is 24.8 Å². The number of benzene rings is 2. The molecule has 0 aromatic heterocycles. The van der Waals surface area contributed by atoms with Gasteiger partial charge in [-0.15, -0.1) is 0 Å². The van der Waals surface area contributed by atoms with Gasteiger partial charge >= 0.3 is 6.03 Å². The Balaban J connectivity index is 1.64. The Morgan fingerprint density at radius 1 is 1.12 bits per heavy atom. The lowest BCUT2D eigenvalue weighted by Gasteiger charge is -2.20. The molecule has 0 saturated carbocycles. The van der Waals surface area contributed by atoms with E-state index in [0.717, 1.165) is 17.7 Å². The molecular weight excluding hydrogens is 320 g/mol. The Kier molecular flexibility index (Phi) is 5.28. The van der Waals surface area contributed by atoms with Crippen LogP contribution in [0.1, 0.15) is 24.9 Å². The van der Waals surface area contributed by atoms with Crippen LogP contribution in [0.2, 0.25) is 0 Å². The fourth-order valence-electron chi connectivity index (χ4n) is 2.70. The number of amides is 2. The smallest absolute Gasteiger partial charge is 0.319 e. The molecule has 6 nitrogen and oxygen atoms in total. The zero-order valence-corrected chi connectivity index (χ0v) is 14.4. The van der Waals surface area contributed by atoms with Gasteiger partial charge in [0.05, 0.1) is 13.2 Å². The standard InChI is InChI=1S/C19H22N2O4/c1-3-16(13-4-7-15(23-2)8-5-13)21-19(22)20-14-6-9-17-18(12-14)25-11-10-24-17/h4-9,12,16H,3,10-11H2,1-2H3,(H2,20,21,22). The number of rotatable bonds is 5. The average molecular weight is 342 g/mol. The van der Waals surface area contributed by atoms with Crippen molar-refractivity contribution in [2.75, 3.05) is 25.6 Å². The highest BCUT2D eigenvalue weighted by molar-refractivity contribution is 5.90. The van der Waals surface area contributed by atoms with E-state index in [-0.39, 0.29) is 12.1 Å². The van der Waals surface area contributed by atoms with E-state index < -0.39 is 0 Å². The second kappa shape index (κ2) is 7.79. The van der Waals surface area contributed by atoms with Crippen molar-refractivity contribution in [3.63, 3.8) is 0 Å². The van der Waals surface area contributed by atoms with Gasteiger partial charge in [0.1, 0.15) is 19.0 Å². The Morgan fingerprint density at radius 3 is 2.52 bits per heavy atom. The van der Waals surface area contributed by atoms with E-state index in [1.54, 1.807) is 25.3 Å². The molecule has 6 heteroatoms. The lowest BCUT2D eigenvalue weighted by Crippen LogP contribution is -2.32. The highest BCUT2D eigenvalue weighted by Gasteiger charge is 2.15. The summed E-state index contributed by atoms with van der Waals surface area (Å²) in [5.41, 5.74) is 1.69. The number of carbonyl (C=O) groups is 1. The summed E-state index contributed by atoms with van der Waals surface area (Å²) in [4.78, 5) is 12.3. The molecule has 2 aromatic carbocycles. The molecule has 0 fully saturated rings. The molecule has 2 amide bonds. The monoisotopic (exact) mass is 342 g/mol. The van der Waals surface area contributed by atoms with E-state index in [1.165, 1.54) is 0 Å². The predicted octanol–water partition coefficient (Wildman–Crippen LogP) is 3.74. The van der Waals surface area contributed by atoms with Crippen molar-refractivity contribution >= 4 is 11.7 Å². The van der Waals surface area contributed by atoms with Gasteiger partial charge in [0.15, 0.2) is 11.5 Å². The van der Waals surface area contributed by atoms with E-state index in [4.69, 9.17) is 14.2 Å². The minimum absolute atomic E-state index is 0.0804. The van der Waals surface area contributed by atoms with Crippen LogP contribution in [0.3, 0.4) is 0 Å². The van der Waals surface area contributed by atoms with Crippen molar-refractivity contribution in [1.82, 2.24) is 5.32 Å². The first kappa shape index (κ1) is 17.0. The third kappa shape index (κ3) is 4.15. The molecule has 1 atom stereocenters.